The number of amides is 1. The zero-order valence-electron chi connectivity index (χ0n) is 12.8. The quantitative estimate of drug-likeness (QED) is 0.729. The van der Waals surface area contributed by atoms with E-state index in [1.807, 2.05) is 42.6 Å². The van der Waals surface area contributed by atoms with Crippen LogP contribution in [0.4, 0.5) is 5.13 Å². The highest BCUT2D eigenvalue weighted by molar-refractivity contribution is 7.14. The highest BCUT2D eigenvalue weighted by Gasteiger charge is 2.16. The number of hydrogen-bond donors (Lipinski definition) is 0. The van der Waals surface area contributed by atoms with E-state index in [2.05, 4.69) is 9.97 Å². The molecule has 1 aromatic carbocycles. The van der Waals surface area contributed by atoms with Crippen LogP contribution in [-0.4, -0.2) is 22.9 Å². The number of anilines is 1. The lowest BCUT2D eigenvalue weighted by atomic mass is 10.2. The van der Waals surface area contributed by atoms with E-state index in [1.54, 1.807) is 19.2 Å². The molecular weight excluding hydrogens is 310 g/mol. The molecule has 116 valence electrons. The Morgan fingerprint density at radius 3 is 2.57 bits per heavy atom. The molecule has 0 spiro atoms. The van der Waals surface area contributed by atoms with Gasteiger partial charge in [-0.2, -0.15) is 0 Å². The van der Waals surface area contributed by atoms with Gasteiger partial charge in [-0.1, -0.05) is 18.2 Å². The SMILES string of the molecule is Cc1csc(N(C)C(=O)c2ccc(Oc3ccccc3)nc2)n1. The van der Waals surface area contributed by atoms with Crippen LogP contribution in [0.15, 0.2) is 54.0 Å². The average Bonchev–Trinajstić information content (AvgIpc) is 3.02. The minimum Gasteiger partial charge on any atom is -0.439 e. The number of carbonyl (C=O) groups is 1. The van der Waals surface area contributed by atoms with Crippen molar-refractivity contribution in [3.63, 3.8) is 0 Å². The van der Waals surface area contributed by atoms with Crippen LogP contribution in [0.2, 0.25) is 0 Å². The van der Waals surface area contributed by atoms with Crippen molar-refractivity contribution in [3.8, 4) is 11.6 Å². The summed E-state index contributed by atoms with van der Waals surface area (Å²) in [6.45, 7) is 1.90. The van der Waals surface area contributed by atoms with Crippen molar-refractivity contribution in [1.29, 1.82) is 0 Å². The van der Waals surface area contributed by atoms with Crippen molar-refractivity contribution >= 4 is 22.4 Å². The number of nitrogens with zero attached hydrogens (tertiary/aromatic N) is 3. The van der Waals surface area contributed by atoms with E-state index in [-0.39, 0.29) is 5.91 Å². The third-order valence-corrected chi connectivity index (χ3v) is 4.18. The molecule has 5 nitrogen and oxygen atoms in total. The predicted molar refractivity (Wildman–Crippen MR) is 90.3 cm³/mol. The van der Waals surface area contributed by atoms with Gasteiger partial charge in [-0.3, -0.25) is 9.69 Å². The number of para-hydroxylation sites is 1. The molecule has 0 radical (unpaired) electrons. The molecule has 0 unspecified atom stereocenters. The molecule has 0 aliphatic heterocycles. The number of rotatable bonds is 4. The molecule has 3 rings (SSSR count). The molecule has 0 saturated carbocycles. The maximum absolute atomic E-state index is 12.4. The molecule has 0 saturated heterocycles. The lowest BCUT2D eigenvalue weighted by Crippen LogP contribution is -2.26. The van der Waals surface area contributed by atoms with Crippen molar-refractivity contribution in [1.82, 2.24) is 9.97 Å². The van der Waals surface area contributed by atoms with Gasteiger partial charge in [0, 0.05) is 24.7 Å². The van der Waals surface area contributed by atoms with Crippen LogP contribution in [0.3, 0.4) is 0 Å². The van der Waals surface area contributed by atoms with E-state index in [1.165, 1.54) is 22.4 Å². The molecule has 0 aliphatic carbocycles. The van der Waals surface area contributed by atoms with Gasteiger partial charge in [0.2, 0.25) is 5.88 Å². The first-order chi connectivity index (χ1) is 11.1. The first-order valence-electron chi connectivity index (χ1n) is 7.02. The van der Waals surface area contributed by atoms with Crippen LogP contribution < -0.4 is 9.64 Å². The van der Waals surface area contributed by atoms with Crippen molar-refractivity contribution in [2.45, 2.75) is 6.92 Å². The Balaban J connectivity index is 1.72. The van der Waals surface area contributed by atoms with Crippen molar-refractivity contribution in [2.75, 3.05) is 11.9 Å². The Morgan fingerprint density at radius 2 is 1.96 bits per heavy atom. The van der Waals surface area contributed by atoms with Gasteiger partial charge in [0.15, 0.2) is 5.13 Å². The van der Waals surface area contributed by atoms with Crippen LogP contribution in [0.1, 0.15) is 16.1 Å². The van der Waals surface area contributed by atoms with E-state index < -0.39 is 0 Å². The second kappa shape index (κ2) is 6.58. The maximum atomic E-state index is 12.4. The minimum absolute atomic E-state index is 0.155. The Hall–Kier alpha value is -2.73. The zero-order valence-corrected chi connectivity index (χ0v) is 13.6. The number of aromatic nitrogens is 2. The summed E-state index contributed by atoms with van der Waals surface area (Å²) in [5, 5.41) is 2.57. The van der Waals surface area contributed by atoms with Gasteiger partial charge < -0.3 is 4.74 Å². The zero-order chi connectivity index (χ0) is 16.2. The highest BCUT2D eigenvalue weighted by Crippen LogP contribution is 2.22. The third kappa shape index (κ3) is 3.54. The van der Waals surface area contributed by atoms with Crippen LogP contribution in [-0.2, 0) is 0 Å². The van der Waals surface area contributed by atoms with Gasteiger partial charge >= 0.3 is 0 Å². The van der Waals surface area contributed by atoms with Gasteiger partial charge in [-0.25, -0.2) is 9.97 Å². The average molecular weight is 325 g/mol. The highest BCUT2D eigenvalue weighted by atomic mass is 32.1. The molecule has 6 heteroatoms. The normalized spacial score (nSPS) is 10.3. The van der Waals surface area contributed by atoms with Gasteiger partial charge in [0.05, 0.1) is 11.3 Å². The third-order valence-electron chi connectivity index (χ3n) is 3.15. The first kappa shape index (κ1) is 15.2. The largest absolute Gasteiger partial charge is 0.439 e. The number of benzene rings is 1. The molecule has 0 bridgehead atoms. The summed E-state index contributed by atoms with van der Waals surface area (Å²) in [5.74, 6) is 0.994. The van der Waals surface area contributed by atoms with Gasteiger partial charge in [-0.15, -0.1) is 11.3 Å². The van der Waals surface area contributed by atoms with E-state index in [4.69, 9.17) is 4.74 Å². The van der Waals surface area contributed by atoms with Crippen LogP contribution in [0.5, 0.6) is 11.6 Å². The molecular formula is C17H15N3O2S. The number of thiazole rings is 1. The molecule has 2 heterocycles. The summed E-state index contributed by atoms with van der Waals surface area (Å²) in [6, 6.07) is 12.8. The van der Waals surface area contributed by atoms with Crippen molar-refractivity contribution in [2.24, 2.45) is 0 Å². The van der Waals surface area contributed by atoms with Gasteiger partial charge in [-0.05, 0) is 25.1 Å². The minimum atomic E-state index is -0.155. The van der Waals surface area contributed by atoms with Crippen molar-refractivity contribution < 1.29 is 9.53 Å². The molecule has 0 fully saturated rings. The molecule has 0 N–H and O–H groups in total. The predicted octanol–water partition coefficient (Wildman–Crippen LogP) is 3.92. The Bertz CT molecular complexity index is 800. The second-order valence-electron chi connectivity index (χ2n) is 4.94. The maximum Gasteiger partial charge on any atom is 0.261 e. The monoisotopic (exact) mass is 325 g/mol. The fraction of sp³-hybridized carbons (Fsp3) is 0.118. The molecule has 23 heavy (non-hydrogen) atoms. The Morgan fingerprint density at radius 1 is 1.17 bits per heavy atom. The van der Waals surface area contributed by atoms with Crippen LogP contribution in [0, 0.1) is 6.92 Å². The summed E-state index contributed by atoms with van der Waals surface area (Å²) in [4.78, 5) is 22.5. The van der Waals surface area contributed by atoms with Gasteiger partial charge in [0.25, 0.3) is 5.91 Å². The molecule has 0 aliphatic rings. The van der Waals surface area contributed by atoms with Crippen molar-refractivity contribution in [3.05, 3.63) is 65.3 Å². The number of ether oxygens (including phenoxy) is 1. The number of carbonyl (C=O) groups excluding carboxylic acids is 1. The number of pyridine rings is 1. The van der Waals surface area contributed by atoms with E-state index in [9.17, 15) is 4.79 Å². The lowest BCUT2D eigenvalue weighted by molar-refractivity contribution is 0.0992. The molecule has 3 aromatic rings. The smallest absolute Gasteiger partial charge is 0.261 e. The summed E-state index contributed by atoms with van der Waals surface area (Å²) in [7, 11) is 1.70. The van der Waals surface area contributed by atoms with E-state index >= 15 is 0 Å². The molecule has 2 aromatic heterocycles. The second-order valence-corrected chi connectivity index (χ2v) is 5.77. The fourth-order valence-electron chi connectivity index (χ4n) is 1.95. The Kier molecular flexibility index (Phi) is 4.34. The topological polar surface area (TPSA) is 55.3 Å². The van der Waals surface area contributed by atoms with E-state index in [0.29, 0.717) is 22.3 Å². The summed E-state index contributed by atoms with van der Waals surface area (Å²) >= 11 is 1.43. The first-order valence-corrected chi connectivity index (χ1v) is 7.90. The van der Waals surface area contributed by atoms with Gasteiger partial charge in [0.1, 0.15) is 5.75 Å². The summed E-state index contributed by atoms with van der Waals surface area (Å²) in [5.41, 5.74) is 1.38. The Labute approximate surface area is 138 Å². The molecule has 0 atom stereocenters. The fourth-order valence-corrected chi connectivity index (χ4v) is 2.72. The number of hydrogen-bond acceptors (Lipinski definition) is 5. The van der Waals surface area contributed by atoms with Crippen LogP contribution in [0.25, 0.3) is 0 Å². The summed E-state index contributed by atoms with van der Waals surface area (Å²) in [6.07, 6.45) is 1.51. The molecule has 1 amide bonds. The lowest BCUT2D eigenvalue weighted by Gasteiger charge is -2.13. The van der Waals surface area contributed by atoms with E-state index in [0.717, 1.165) is 5.69 Å². The number of aryl methyl sites for hydroxylation is 1. The standard InChI is InChI=1S/C17H15N3O2S/c1-12-11-23-17(19-12)20(2)16(21)13-8-9-15(18-10-13)22-14-6-4-3-5-7-14/h3-11H,1-2H3. The van der Waals surface area contributed by atoms with Crippen LogP contribution >= 0.6 is 11.3 Å². The summed E-state index contributed by atoms with van der Waals surface area (Å²) < 4.78 is 5.62.